The van der Waals surface area contributed by atoms with Crippen molar-refractivity contribution in [1.82, 2.24) is 0 Å². The van der Waals surface area contributed by atoms with E-state index >= 15 is 0 Å². The van der Waals surface area contributed by atoms with Crippen LogP contribution in [0.2, 0.25) is 0 Å². The van der Waals surface area contributed by atoms with Crippen molar-refractivity contribution >= 4 is 23.5 Å². The van der Waals surface area contributed by atoms with E-state index in [9.17, 15) is 19.8 Å². The van der Waals surface area contributed by atoms with Gasteiger partial charge in [-0.1, -0.05) is 32.1 Å². The molecule has 0 radical (unpaired) electrons. The maximum absolute atomic E-state index is 10.2. The Morgan fingerprint density at radius 3 is 1.94 bits per heavy atom. The average Bonchev–Trinajstić information content (AvgIpc) is 2.20. The van der Waals surface area contributed by atoms with Gasteiger partial charge in [-0.25, -0.2) is 0 Å². The molecule has 0 saturated carbocycles. The van der Waals surface area contributed by atoms with E-state index in [1.165, 1.54) is 0 Å². The van der Waals surface area contributed by atoms with E-state index in [-0.39, 0.29) is 18.2 Å². The predicted octanol–water partition coefficient (Wildman–Crippen LogP) is 0.604. The summed E-state index contributed by atoms with van der Waals surface area (Å²) in [7, 11) is 0. The van der Waals surface area contributed by atoms with E-state index < -0.39 is 11.9 Å². The van der Waals surface area contributed by atoms with E-state index in [0.717, 1.165) is 32.1 Å². The molecule has 0 saturated heterocycles. The van der Waals surface area contributed by atoms with Gasteiger partial charge in [0.15, 0.2) is 0 Å². The summed E-state index contributed by atoms with van der Waals surface area (Å²) in [6.07, 6.45) is 6.24. The molecule has 0 aliphatic heterocycles. The summed E-state index contributed by atoms with van der Waals surface area (Å²) in [5.41, 5.74) is 0. The Morgan fingerprint density at radius 1 is 0.882 bits per heavy atom. The molecule has 0 aromatic heterocycles. The molecular formula is C12H19ClO4-2. The molecule has 1 unspecified atom stereocenters. The van der Waals surface area contributed by atoms with Crippen LogP contribution in [0.5, 0.6) is 0 Å². The Labute approximate surface area is 107 Å². The second kappa shape index (κ2) is 10.4. The minimum Gasteiger partial charge on any atom is -0.550 e. The van der Waals surface area contributed by atoms with E-state index in [0.29, 0.717) is 12.8 Å². The lowest BCUT2D eigenvalue weighted by Crippen LogP contribution is -2.25. The number of hydrogen-bond donors (Lipinski definition) is 0. The van der Waals surface area contributed by atoms with E-state index in [2.05, 4.69) is 0 Å². The van der Waals surface area contributed by atoms with Crippen LogP contribution in [0.1, 0.15) is 57.8 Å². The van der Waals surface area contributed by atoms with Crippen LogP contribution in [-0.4, -0.2) is 17.3 Å². The second-order valence-electron chi connectivity index (χ2n) is 4.21. The number of unbranched alkanes of at least 4 members (excludes halogenated alkanes) is 5. The molecule has 0 spiro atoms. The average molecular weight is 263 g/mol. The monoisotopic (exact) mass is 262 g/mol. The van der Waals surface area contributed by atoms with Gasteiger partial charge >= 0.3 is 0 Å². The first-order chi connectivity index (χ1) is 8.02. The smallest absolute Gasteiger partial charge is 0.0429 e. The zero-order valence-corrected chi connectivity index (χ0v) is 10.7. The number of carboxylic acid groups (broad SMARTS) is 2. The molecule has 0 aromatic carbocycles. The molecule has 4 nitrogen and oxygen atoms in total. The van der Waals surface area contributed by atoms with Gasteiger partial charge in [0.1, 0.15) is 0 Å². The Hall–Kier alpha value is -0.770. The Bertz CT molecular complexity index is 231. The van der Waals surface area contributed by atoms with Crippen molar-refractivity contribution in [2.75, 3.05) is 0 Å². The fourth-order valence-corrected chi connectivity index (χ4v) is 1.91. The van der Waals surface area contributed by atoms with E-state index in [1.807, 2.05) is 0 Å². The fourth-order valence-electron chi connectivity index (χ4n) is 1.63. The van der Waals surface area contributed by atoms with Crippen molar-refractivity contribution in [3.8, 4) is 0 Å². The lowest BCUT2D eigenvalue weighted by molar-refractivity contribution is -0.307. The number of aliphatic carboxylic acids is 2. The molecule has 1 atom stereocenters. The predicted molar refractivity (Wildman–Crippen MR) is 61.2 cm³/mol. The molecule has 100 valence electrons. The lowest BCUT2D eigenvalue weighted by Gasteiger charge is -2.09. The first-order valence-corrected chi connectivity index (χ1v) is 6.49. The van der Waals surface area contributed by atoms with Gasteiger partial charge in [0.2, 0.25) is 0 Å². The number of carboxylic acids is 2. The highest BCUT2D eigenvalue weighted by atomic mass is 35.5. The number of halogens is 1. The van der Waals surface area contributed by atoms with Crippen molar-refractivity contribution in [3.63, 3.8) is 0 Å². The summed E-state index contributed by atoms with van der Waals surface area (Å²) in [6, 6.07) is 0. The van der Waals surface area contributed by atoms with Gasteiger partial charge < -0.3 is 19.8 Å². The highest BCUT2D eigenvalue weighted by Gasteiger charge is 2.04. The summed E-state index contributed by atoms with van der Waals surface area (Å²) in [5.74, 6) is -2.09. The van der Waals surface area contributed by atoms with Gasteiger partial charge in [-0.15, -0.1) is 11.6 Å². The molecule has 0 aliphatic rings. The minimum atomic E-state index is -1.10. The number of hydrogen-bond acceptors (Lipinski definition) is 4. The zero-order chi connectivity index (χ0) is 13.1. The van der Waals surface area contributed by atoms with Gasteiger partial charge in [-0.05, 0) is 19.3 Å². The van der Waals surface area contributed by atoms with Crippen LogP contribution in [0, 0.1) is 0 Å². The number of rotatable bonds is 11. The van der Waals surface area contributed by atoms with Crippen LogP contribution >= 0.6 is 11.6 Å². The van der Waals surface area contributed by atoms with Crippen molar-refractivity contribution in [1.29, 1.82) is 0 Å². The van der Waals surface area contributed by atoms with Crippen LogP contribution in [0.25, 0.3) is 0 Å². The third kappa shape index (κ3) is 13.2. The maximum atomic E-state index is 10.2. The number of alkyl halides is 1. The topological polar surface area (TPSA) is 80.3 Å². The van der Waals surface area contributed by atoms with Gasteiger partial charge in [0.25, 0.3) is 0 Å². The SMILES string of the molecule is O=C([O-])CCCCCCCCC(Cl)CC(=O)[O-]. The second-order valence-corrected chi connectivity index (χ2v) is 4.82. The first kappa shape index (κ1) is 16.2. The van der Waals surface area contributed by atoms with Gasteiger partial charge in [-0.2, -0.15) is 0 Å². The number of carbonyl (C=O) groups excluding carboxylic acids is 2. The molecule has 17 heavy (non-hydrogen) atoms. The molecule has 0 fully saturated rings. The van der Waals surface area contributed by atoms with Gasteiger partial charge in [-0.3, -0.25) is 0 Å². The summed E-state index contributed by atoms with van der Waals surface area (Å²) >= 11 is 5.78. The molecule has 0 N–H and O–H groups in total. The van der Waals surface area contributed by atoms with Crippen molar-refractivity contribution < 1.29 is 19.8 Å². The largest absolute Gasteiger partial charge is 0.550 e. The summed E-state index contributed by atoms with van der Waals surface area (Å²) < 4.78 is 0. The highest BCUT2D eigenvalue weighted by Crippen LogP contribution is 2.14. The van der Waals surface area contributed by atoms with Gasteiger partial charge in [0.05, 0.1) is 0 Å². The molecule has 0 rings (SSSR count). The van der Waals surface area contributed by atoms with Crippen molar-refractivity contribution in [3.05, 3.63) is 0 Å². The van der Waals surface area contributed by atoms with Crippen LogP contribution in [0.15, 0.2) is 0 Å². The molecule has 0 heterocycles. The van der Waals surface area contributed by atoms with Crippen LogP contribution in [-0.2, 0) is 9.59 Å². The molecular weight excluding hydrogens is 244 g/mol. The normalized spacial score (nSPS) is 12.3. The molecule has 0 aromatic rings. The first-order valence-electron chi connectivity index (χ1n) is 6.06. The van der Waals surface area contributed by atoms with E-state index in [4.69, 9.17) is 11.6 Å². The van der Waals surface area contributed by atoms with Crippen LogP contribution < -0.4 is 10.2 Å². The summed E-state index contributed by atoms with van der Waals surface area (Å²) in [6.45, 7) is 0. The fraction of sp³-hybridized carbons (Fsp3) is 0.833. The quantitative estimate of drug-likeness (QED) is 0.403. The maximum Gasteiger partial charge on any atom is 0.0429 e. The summed E-state index contributed by atoms with van der Waals surface area (Å²) in [4.78, 5) is 20.3. The Morgan fingerprint density at radius 2 is 1.41 bits per heavy atom. The van der Waals surface area contributed by atoms with Crippen LogP contribution in [0.4, 0.5) is 0 Å². The molecule has 0 amide bonds. The Balaban J connectivity index is 3.18. The third-order valence-electron chi connectivity index (χ3n) is 2.54. The minimum absolute atomic E-state index is 0.0901. The van der Waals surface area contributed by atoms with Crippen molar-refractivity contribution in [2.24, 2.45) is 0 Å². The third-order valence-corrected chi connectivity index (χ3v) is 2.91. The molecule has 5 heteroatoms. The van der Waals surface area contributed by atoms with Crippen molar-refractivity contribution in [2.45, 2.75) is 63.2 Å². The number of carbonyl (C=O) groups is 2. The highest BCUT2D eigenvalue weighted by molar-refractivity contribution is 6.21. The van der Waals surface area contributed by atoms with Gasteiger partial charge in [0, 0.05) is 23.7 Å². The molecule has 0 aliphatic carbocycles. The van der Waals surface area contributed by atoms with Crippen LogP contribution in [0.3, 0.4) is 0 Å². The standard InChI is InChI=1S/C12H21ClO4/c13-10(9-12(16)17)7-5-3-1-2-4-6-8-11(14)15/h10H,1-9H2,(H,14,15)(H,16,17)/p-2. The lowest BCUT2D eigenvalue weighted by atomic mass is 10.1. The van der Waals surface area contributed by atoms with E-state index in [1.54, 1.807) is 0 Å². The summed E-state index contributed by atoms with van der Waals surface area (Å²) in [5, 5.41) is 20.0. The Kier molecular flexibility index (Phi) is 9.92. The molecule has 0 bridgehead atoms. The zero-order valence-electron chi connectivity index (χ0n) is 9.95.